The Morgan fingerprint density at radius 1 is 1.32 bits per heavy atom. The van der Waals surface area contributed by atoms with Gasteiger partial charge in [0, 0.05) is 18.8 Å². The van der Waals surface area contributed by atoms with E-state index in [4.69, 9.17) is 14.2 Å². The number of aliphatic hydroxyl groups excluding tert-OH is 1. The fourth-order valence-electron chi connectivity index (χ4n) is 1.70. The summed E-state index contributed by atoms with van der Waals surface area (Å²) in [4.78, 5) is 15.8. The molecular formula is C16H21NO5. The molecule has 0 atom stereocenters. The van der Waals surface area contributed by atoms with Gasteiger partial charge in [0.2, 0.25) is 0 Å². The minimum Gasteiger partial charge on any atom is -0.508 e. The number of aliphatic hydroxyl groups is 1. The van der Waals surface area contributed by atoms with Crippen molar-refractivity contribution in [1.82, 2.24) is 0 Å². The molecule has 0 saturated carbocycles. The number of carbonyl (C=O) groups excluding carboxylic acids is 1. The Kier molecular flexibility index (Phi) is 6.95. The highest BCUT2D eigenvalue weighted by Crippen LogP contribution is 2.19. The molecule has 0 unspecified atom stereocenters. The van der Waals surface area contributed by atoms with E-state index >= 15 is 0 Å². The number of ether oxygens (including phenoxy) is 3. The van der Waals surface area contributed by atoms with Crippen molar-refractivity contribution >= 4 is 11.7 Å². The minimum absolute atomic E-state index is 0.0206. The van der Waals surface area contributed by atoms with E-state index in [2.05, 4.69) is 4.99 Å². The highest BCUT2D eigenvalue weighted by molar-refractivity contribution is 6.19. The Morgan fingerprint density at radius 3 is 2.59 bits per heavy atom. The van der Waals surface area contributed by atoms with Crippen molar-refractivity contribution in [3.8, 4) is 11.5 Å². The van der Waals surface area contributed by atoms with Crippen LogP contribution in [0.3, 0.4) is 0 Å². The Morgan fingerprint density at radius 2 is 2.00 bits per heavy atom. The summed E-state index contributed by atoms with van der Waals surface area (Å²) in [6.45, 7) is 3.35. The van der Waals surface area contributed by atoms with Crippen molar-refractivity contribution in [2.75, 3.05) is 27.4 Å². The summed E-state index contributed by atoms with van der Waals surface area (Å²) in [5, 5.41) is 10.1. The maximum atomic E-state index is 11.9. The highest BCUT2D eigenvalue weighted by Gasteiger charge is 2.20. The van der Waals surface area contributed by atoms with Gasteiger partial charge in [-0.3, -0.25) is 4.99 Å². The van der Waals surface area contributed by atoms with Crippen LogP contribution >= 0.6 is 0 Å². The van der Waals surface area contributed by atoms with Crippen molar-refractivity contribution in [3.05, 3.63) is 35.6 Å². The topological polar surface area (TPSA) is 77.4 Å². The second-order valence-corrected chi connectivity index (χ2v) is 4.32. The molecular weight excluding hydrogens is 286 g/mol. The van der Waals surface area contributed by atoms with E-state index in [1.54, 1.807) is 45.2 Å². The number of esters is 1. The number of hydrogen-bond acceptors (Lipinski definition) is 6. The lowest BCUT2D eigenvalue weighted by atomic mass is 10.1. The first-order valence-corrected chi connectivity index (χ1v) is 6.83. The van der Waals surface area contributed by atoms with Crippen molar-refractivity contribution in [1.29, 1.82) is 0 Å². The van der Waals surface area contributed by atoms with Gasteiger partial charge in [-0.15, -0.1) is 0 Å². The fourth-order valence-corrected chi connectivity index (χ4v) is 1.70. The molecule has 1 aromatic rings. The standard InChI is InChI=1S/C16H21NO5/c1-5-21-16(19)15(11(2)17-3)14(18)10-22-13-8-6-7-12(9-13)20-4/h6-9,18H,5,10H2,1-4H3/b15-14+,17-11?. The Bertz CT molecular complexity index is 578. The lowest BCUT2D eigenvalue weighted by Gasteiger charge is -2.11. The molecule has 0 aromatic heterocycles. The van der Waals surface area contributed by atoms with Crippen molar-refractivity contribution in [2.24, 2.45) is 4.99 Å². The number of nitrogens with zero attached hydrogens (tertiary/aromatic N) is 1. The molecule has 120 valence electrons. The average Bonchev–Trinajstić information content (AvgIpc) is 2.53. The van der Waals surface area contributed by atoms with Crippen LogP contribution in [-0.2, 0) is 9.53 Å². The summed E-state index contributed by atoms with van der Waals surface area (Å²) >= 11 is 0. The molecule has 6 nitrogen and oxygen atoms in total. The van der Waals surface area contributed by atoms with Crippen LogP contribution in [0.1, 0.15) is 13.8 Å². The third-order valence-corrected chi connectivity index (χ3v) is 2.88. The van der Waals surface area contributed by atoms with Gasteiger partial charge in [-0.2, -0.15) is 0 Å². The van der Waals surface area contributed by atoms with Crippen LogP contribution in [0, 0.1) is 0 Å². The van der Waals surface area contributed by atoms with Crippen LogP contribution in [0.5, 0.6) is 11.5 Å². The molecule has 1 N–H and O–H groups in total. The summed E-state index contributed by atoms with van der Waals surface area (Å²) in [7, 11) is 3.08. The van der Waals surface area contributed by atoms with Gasteiger partial charge in [-0.25, -0.2) is 4.79 Å². The maximum absolute atomic E-state index is 11.9. The fraction of sp³-hybridized carbons (Fsp3) is 0.375. The van der Waals surface area contributed by atoms with Gasteiger partial charge in [0.15, 0.2) is 0 Å². The van der Waals surface area contributed by atoms with E-state index in [0.29, 0.717) is 17.2 Å². The molecule has 0 aliphatic heterocycles. The highest BCUT2D eigenvalue weighted by atomic mass is 16.5. The second kappa shape index (κ2) is 8.71. The van der Waals surface area contributed by atoms with E-state index in [1.807, 2.05) is 0 Å². The molecule has 1 aromatic carbocycles. The van der Waals surface area contributed by atoms with Crippen LogP contribution in [0.15, 0.2) is 40.6 Å². The average molecular weight is 307 g/mol. The zero-order valence-corrected chi connectivity index (χ0v) is 13.3. The molecule has 0 heterocycles. The van der Waals surface area contributed by atoms with Gasteiger partial charge < -0.3 is 19.3 Å². The number of rotatable bonds is 7. The van der Waals surface area contributed by atoms with Crippen LogP contribution in [0.4, 0.5) is 0 Å². The first-order chi connectivity index (χ1) is 10.5. The molecule has 0 aliphatic carbocycles. The number of methoxy groups -OCH3 is 1. The van der Waals surface area contributed by atoms with Crippen LogP contribution in [0.2, 0.25) is 0 Å². The van der Waals surface area contributed by atoms with E-state index < -0.39 is 5.97 Å². The molecule has 1 rings (SSSR count). The summed E-state index contributed by atoms with van der Waals surface area (Å²) in [5.41, 5.74) is 0.400. The SMILES string of the molecule is CCOC(=O)/C(C(C)=NC)=C(/O)COc1cccc(OC)c1. The van der Waals surface area contributed by atoms with Gasteiger partial charge in [-0.05, 0) is 26.0 Å². The molecule has 0 aliphatic rings. The third-order valence-electron chi connectivity index (χ3n) is 2.88. The zero-order chi connectivity index (χ0) is 16.5. The summed E-state index contributed by atoms with van der Waals surface area (Å²) in [6, 6.07) is 6.94. The number of benzene rings is 1. The van der Waals surface area contributed by atoms with E-state index in [0.717, 1.165) is 0 Å². The predicted molar refractivity (Wildman–Crippen MR) is 83.8 cm³/mol. The Balaban J connectivity index is 2.92. The Labute approximate surface area is 130 Å². The van der Waals surface area contributed by atoms with Gasteiger partial charge >= 0.3 is 5.97 Å². The molecule has 0 spiro atoms. The van der Waals surface area contributed by atoms with Gasteiger partial charge in [0.25, 0.3) is 0 Å². The molecule has 22 heavy (non-hydrogen) atoms. The van der Waals surface area contributed by atoms with Crippen molar-refractivity contribution in [2.45, 2.75) is 13.8 Å². The number of aliphatic imine (C=N–C) groups is 1. The van der Waals surface area contributed by atoms with Gasteiger partial charge in [-0.1, -0.05) is 6.07 Å². The quantitative estimate of drug-likeness (QED) is 0.362. The molecule has 0 saturated heterocycles. The molecule has 6 heteroatoms. The number of carbonyl (C=O) groups is 1. The van der Waals surface area contributed by atoms with E-state index in [-0.39, 0.29) is 24.5 Å². The molecule has 0 amide bonds. The molecule has 0 radical (unpaired) electrons. The first kappa shape index (κ1) is 17.6. The smallest absolute Gasteiger partial charge is 0.343 e. The minimum atomic E-state index is -0.627. The lowest BCUT2D eigenvalue weighted by molar-refractivity contribution is -0.138. The van der Waals surface area contributed by atoms with Crippen LogP contribution < -0.4 is 9.47 Å². The first-order valence-electron chi connectivity index (χ1n) is 6.83. The monoisotopic (exact) mass is 307 g/mol. The maximum Gasteiger partial charge on any atom is 0.343 e. The predicted octanol–water partition coefficient (Wildman–Crippen LogP) is 2.54. The zero-order valence-electron chi connectivity index (χ0n) is 13.3. The largest absolute Gasteiger partial charge is 0.508 e. The Hall–Kier alpha value is -2.50. The lowest BCUT2D eigenvalue weighted by Crippen LogP contribution is -2.19. The van der Waals surface area contributed by atoms with E-state index in [9.17, 15) is 9.90 Å². The van der Waals surface area contributed by atoms with Crippen molar-refractivity contribution in [3.63, 3.8) is 0 Å². The summed E-state index contributed by atoms with van der Waals surface area (Å²) in [5.74, 6) is 0.291. The third kappa shape index (κ3) is 4.80. The second-order valence-electron chi connectivity index (χ2n) is 4.32. The number of hydrogen-bond donors (Lipinski definition) is 1. The van der Waals surface area contributed by atoms with Gasteiger partial charge in [0.1, 0.15) is 29.4 Å². The normalized spacial score (nSPS) is 12.5. The van der Waals surface area contributed by atoms with Crippen molar-refractivity contribution < 1.29 is 24.1 Å². The molecule has 0 fully saturated rings. The van der Waals surface area contributed by atoms with Crippen LogP contribution in [-0.4, -0.2) is 44.2 Å². The molecule has 0 bridgehead atoms. The van der Waals surface area contributed by atoms with E-state index in [1.165, 1.54) is 7.05 Å². The van der Waals surface area contributed by atoms with Gasteiger partial charge in [0.05, 0.1) is 13.7 Å². The summed E-state index contributed by atoms with van der Waals surface area (Å²) < 4.78 is 15.5. The summed E-state index contributed by atoms with van der Waals surface area (Å²) in [6.07, 6.45) is 0. The van der Waals surface area contributed by atoms with Crippen LogP contribution in [0.25, 0.3) is 0 Å².